The predicted octanol–water partition coefficient (Wildman–Crippen LogP) is 5.09. The quantitative estimate of drug-likeness (QED) is 0.398. The second-order valence-electron chi connectivity index (χ2n) is 5.68. The first-order chi connectivity index (χ1) is 12.5. The highest BCUT2D eigenvalue weighted by Gasteiger charge is 2.05. The van der Waals surface area contributed by atoms with Crippen LogP contribution in [-0.4, -0.2) is 25.3 Å². The van der Waals surface area contributed by atoms with E-state index in [0.717, 1.165) is 11.3 Å². The molecule has 0 saturated heterocycles. The molecule has 0 bridgehead atoms. The SMILES string of the molecule is C=C/C=C(/N=CN(C)C)Nc1ccc(OCc2cccc(F)c2)c(Cl)c1. The molecule has 0 unspecified atom stereocenters. The zero-order valence-corrected chi connectivity index (χ0v) is 15.5. The Bertz CT molecular complexity index is 818. The summed E-state index contributed by atoms with van der Waals surface area (Å²) in [6.45, 7) is 3.92. The molecule has 0 atom stereocenters. The van der Waals surface area contributed by atoms with E-state index >= 15 is 0 Å². The molecule has 0 aromatic heterocycles. The van der Waals surface area contributed by atoms with E-state index in [4.69, 9.17) is 16.3 Å². The lowest BCUT2D eigenvalue weighted by Gasteiger charge is -2.12. The van der Waals surface area contributed by atoms with E-state index in [1.807, 2.05) is 25.1 Å². The van der Waals surface area contributed by atoms with E-state index in [0.29, 0.717) is 16.6 Å². The van der Waals surface area contributed by atoms with Crippen molar-refractivity contribution in [2.24, 2.45) is 4.99 Å². The van der Waals surface area contributed by atoms with Crippen LogP contribution >= 0.6 is 11.6 Å². The largest absolute Gasteiger partial charge is 0.487 e. The molecular weight excluding hydrogens is 353 g/mol. The number of anilines is 1. The maximum absolute atomic E-state index is 13.2. The summed E-state index contributed by atoms with van der Waals surface area (Å²) in [5.41, 5.74) is 1.50. The zero-order valence-electron chi connectivity index (χ0n) is 14.7. The average molecular weight is 374 g/mol. The number of nitrogens with one attached hydrogen (secondary N) is 1. The van der Waals surface area contributed by atoms with Gasteiger partial charge in [0.1, 0.15) is 24.0 Å². The maximum Gasteiger partial charge on any atom is 0.138 e. The molecule has 0 radical (unpaired) electrons. The van der Waals surface area contributed by atoms with E-state index in [9.17, 15) is 4.39 Å². The topological polar surface area (TPSA) is 36.9 Å². The van der Waals surface area contributed by atoms with Crippen LogP contribution in [0.2, 0.25) is 5.02 Å². The number of halogens is 2. The summed E-state index contributed by atoms with van der Waals surface area (Å²) < 4.78 is 18.9. The molecule has 6 heteroatoms. The molecule has 2 rings (SSSR count). The molecule has 0 saturated carbocycles. The van der Waals surface area contributed by atoms with Crippen molar-refractivity contribution in [2.75, 3.05) is 19.4 Å². The Hall–Kier alpha value is -2.79. The van der Waals surface area contributed by atoms with E-state index < -0.39 is 0 Å². The first-order valence-corrected chi connectivity index (χ1v) is 8.33. The Morgan fingerprint density at radius 2 is 2.12 bits per heavy atom. The third-order valence-corrected chi connectivity index (χ3v) is 3.49. The summed E-state index contributed by atoms with van der Waals surface area (Å²) in [6.07, 6.45) is 5.08. The Kier molecular flexibility index (Phi) is 7.24. The summed E-state index contributed by atoms with van der Waals surface area (Å²) in [5, 5.41) is 3.61. The van der Waals surface area contributed by atoms with Gasteiger partial charge in [0.2, 0.25) is 0 Å². The van der Waals surface area contributed by atoms with Crippen LogP contribution in [0.5, 0.6) is 5.75 Å². The maximum atomic E-state index is 13.2. The van der Waals surface area contributed by atoms with Crippen molar-refractivity contribution in [2.45, 2.75) is 6.61 Å². The summed E-state index contributed by atoms with van der Waals surface area (Å²) in [6, 6.07) is 11.6. The summed E-state index contributed by atoms with van der Waals surface area (Å²) in [5.74, 6) is 0.849. The number of ether oxygens (including phenoxy) is 1. The fourth-order valence-electron chi connectivity index (χ4n) is 2.04. The average Bonchev–Trinajstić information content (AvgIpc) is 2.59. The lowest BCUT2D eigenvalue weighted by atomic mass is 10.2. The Morgan fingerprint density at radius 1 is 1.31 bits per heavy atom. The van der Waals surface area contributed by atoms with Crippen LogP contribution < -0.4 is 10.1 Å². The number of hydrogen-bond acceptors (Lipinski definition) is 3. The number of hydrogen-bond donors (Lipinski definition) is 1. The molecule has 0 fully saturated rings. The highest BCUT2D eigenvalue weighted by atomic mass is 35.5. The molecule has 4 nitrogen and oxygen atoms in total. The Morgan fingerprint density at radius 3 is 2.77 bits per heavy atom. The normalized spacial score (nSPS) is 11.5. The van der Waals surface area contributed by atoms with E-state index in [1.54, 1.807) is 42.8 Å². The van der Waals surface area contributed by atoms with Gasteiger partial charge in [-0.3, -0.25) is 0 Å². The van der Waals surface area contributed by atoms with Gasteiger partial charge in [-0.15, -0.1) is 0 Å². The molecule has 0 aliphatic carbocycles. The fraction of sp³-hybridized carbons (Fsp3) is 0.150. The van der Waals surface area contributed by atoms with Gasteiger partial charge in [-0.2, -0.15) is 0 Å². The Labute approximate surface area is 158 Å². The van der Waals surface area contributed by atoms with Crippen molar-refractivity contribution in [3.63, 3.8) is 0 Å². The molecule has 136 valence electrons. The van der Waals surface area contributed by atoms with Gasteiger partial charge in [-0.25, -0.2) is 9.38 Å². The van der Waals surface area contributed by atoms with E-state index in [1.165, 1.54) is 12.1 Å². The second kappa shape index (κ2) is 9.63. The monoisotopic (exact) mass is 373 g/mol. The van der Waals surface area contributed by atoms with Crippen molar-refractivity contribution in [1.82, 2.24) is 4.90 Å². The first-order valence-electron chi connectivity index (χ1n) is 7.95. The standard InChI is InChI=1S/C20H21ClFN3O/c1-4-6-20(23-14-25(2)3)24-17-9-10-19(18(21)12-17)26-13-15-7-5-8-16(22)11-15/h4-12,14,24H,1,13H2,2-3H3/b20-6-,23-14?. The molecule has 0 aliphatic rings. The number of benzene rings is 2. The first kappa shape index (κ1) is 19.5. The van der Waals surface area contributed by atoms with Gasteiger partial charge in [0, 0.05) is 19.8 Å². The highest BCUT2D eigenvalue weighted by Crippen LogP contribution is 2.29. The van der Waals surface area contributed by atoms with Gasteiger partial charge in [0.05, 0.1) is 11.4 Å². The predicted molar refractivity (Wildman–Crippen MR) is 106 cm³/mol. The van der Waals surface area contributed by atoms with Crippen LogP contribution in [0, 0.1) is 5.82 Å². The summed E-state index contributed by atoms with van der Waals surface area (Å²) in [7, 11) is 3.77. The number of nitrogens with zero attached hydrogens (tertiary/aromatic N) is 2. The third kappa shape index (κ3) is 6.26. The van der Waals surface area contributed by atoms with Crippen molar-refractivity contribution < 1.29 is 9.13 Å². The van der Waals surface area contributed by atoms with Crippen LogP contribution in [0.25, 0.3) is 0 Å². The number of aliphatic imine (C=N–C) groups is 1. The summed E-state index contributed by atoms with van der Waals surface area (Å²) >= 11 is 6.29. The van der Waals surface area contributed by atoms with Gasteiger partial charge < -0.3 is 15.0 Å². The van der Waals surface area contributed by atoms with Crippen LogP contribution in [0.4, 0.5) is 10.1 Å². The molecule has 2 aromatic rings. The van der Waals surface area contributed by atoms with Crippen molar-refractivity contribution >= 4 is 23.6 Å². The highest BCUT2D eigenvalue weighted by molar-refractivity contribution is 6.32. The van der Waals surface area contributed by atoms with Gasteiger partial charge in [0.25, 0.3) is 0 Å². The second-order valence-corrected chi connectivity index (χ2v) is 6.09. The van der Waals surface area contributed by atoms with Gasteiger partial charge >= 0.3 is 0 Å². The molecule has 0 heterocycles. The minimum Gasteiger partial charge on any atom is -0.487 e. The molecule has 1 N–H and O–H groups in total. The zero-order chi connectivity index (χ0) is 18.9. The minimum absolute atomic E-state index is 0.235. The van der Waals surface area contributed by atoms with E-state index in [-0.39, 0.29) is 12.4 Å². The van der Waals surface area contributed by atoms with Crippen LogP contribution in [0.1, 0.15) is 5.56 Å². The summed E-state index contributed by atoms with van der Waals surface area (Å²) in [4.78, 5) is 6.14. The fourth-order valence-corrected chi connectivity index (χ4v) is 2.27. The van der Waals surface area contributed by atoms with Crippen LogP contribution in [-0.2, 0) is 6.61 Å². The van der Waals surface area contributed by atoms with Crippen LogP contribution in [0.3, 0.4) is 0 Å². The number of allylic oxidation sites excluding steroid dienone is 2. The third-order valence-electron chi connectivity index (χ3n) is 3.19. The smallest absolute Gasteiger partial charge is 0.138 e. The Balaban J connectivity index is 2.06. The molecule has 26 heavy (non-hydrogen) atoms. The van der Waals surface area contributed by atoms with Gasteiger partial charge in [0.15, 0.2) is 0 Å². The van der Waals surface area contributed by atoms with E-state index in [2.05, 4.69) is 16.9 Å². The van der Waals surface area contributed by atoms with Crippen molar-refractivity contribution in [3.05, 3.63) is 83.4 Å². The van der Waals surface area contributed by atoms with Crippen molar-refractivity contribution in [3.8, 4) is 5.75 Å². The van der Waals surface area contributed by atoms with Crippen LogP contribution in [0.15, 0.2) is 72.0 Å². The lowest BCUT2D eigenvalue weighted by Crippen LogP contribution is -2.09. The minimum atomic E-state index is -0.295. The number of rotatable bonds is 8. The molecule has 0 amide bonds. The molecule has 2 aromatic carbocycles. The van der Waals surface area contributed by atoms with Gasteiger partial charge in [-0.1, -0.05) is 36.4 Å². The lowest BCUT2D eigenvalue weighted by molar-refractivity contribution is 0.306. The molecule has 0 spiro atoms. The molecule has 0 aliphatic heterocycles. The molecular formula is C20H21ClFN3O. The van der Waals surface area contributed by atoms with Gasteiger partial charge in [-0.05, 0) is 42.0 Å². The van der Waals surface area contributed by atoms with Crippen molar-refractivity contribution in [1.29, 1.82) is 0 Å².